The van der Waals surface area contributed by atoms with E-state index in [4.69, 9.17) is 4.74 Å². The lowest BCUT2D eigenvalue weighted by Crippen LogP contribution is -2.30. The molecule has 2 rings (SSSR count). The van der Waals surface area contributed by atoms with Crippen molar-refractivity contribution >= 4 is 5.91 Å². The standard InChI is InChI=1S/C12H14FNO3/c1-17-10-4-2-3-9(13)11(10)12(16)14-6-5-8(15)7-14/h2-4,8,15H,5-7H2,1H3/t8-/m0/s1. The second-order valence-electron chi connectivity index (χ2n) is 4.01. The Morgan fingerprint density at radius 2 is 2.35 bits per heavy atom. The summed E-state index contributed by atoms with van der Waals surface area (Å²) in [6.45, 7) is 0.688. The molecule has 0 bridgehead atoms. The van der Waals surface area contributed by atoms with Gasteiger partial charge in [-0.3, -0.25) is 4.79 Å². The third-order valence-electron chi connectivity index (χ3n) is 2.86. The van der Waals surface area contributed by atoms with Crippen LogP contribution in [-0.2, 0) is 0 Å². The molecule has 1 aromatic carbocycles. The molecule has 17 heavy (non-hydrogen) atoms. The number of benzene rings is 1. The van der Waals surface area contributed by atoms with E-state index in [2.05, 4.69) is 0 Å². The van der Waals surface area contributed by atoms with Crippen molar-refractivity contribution in [3.63, 3.8) is 0 Å². The summed E-state index contributed by atoms with van der Waals surface area (Å²) in [5.41, 5.74) is -0.0656. The first-order chi connectivity index (χ1) is 8.13. The summed E-state index contributed by atoms with van der Waals surface area (Å²) >= 11 is 0. The van der Waals surface area contributed by atoms with E-state index in [1.807, 2.05) is 0 Å². The molecular weight excluding hydrogens is 225 g/mol. The highest BCUT2D eigenvalue weighted by atomic mass is 19.1. The Hall–Kier alpha value is -1.62. The molecule has 1 aliphatic heterocycles. The molecule has 1 N–H and O–H groups in total. The van der Waals surface area contributed by atoms with Gasteiger partial charge in [0.05, 0.1) is 13.2 Å². The van der Waals surface area contributed by atoms with Crippen molar-refractivity contribution in [1.29, 1.82) is 0 Å². The second-order valence-corrected chi connectivity index (χ2v) is 4.01. The van der Waals surface area contributed by atoms with Crippen molar-refractivity contribution in [1.82, 2.24) is 4.90 Å². The summed E-state index contributed by atoms with van der Waals surface area (Å²) in [6, 6.07) is 4.26. The van der Waals surface area contributed by atoms with Gasteiger partial charge in [0, 0.05) is 13.1 Å². The Bertz CT molecular complexity index is 436. The molecule has 4 nitrogen and oxygen atoms in total. The second kappa shape index (κ2) is 4.71. The number of β-amino-alcohol motifs (C(OH)–C–C–N with tert-alkyl or cyclic N) is 1. The molecule has 5 heteroatoms. The number of carbonyl (C=O) groups excluding carboxylic acids is 1. The third-order valence-corrected chi connectivity index (χ3v) is 2.86. The fraction of sp³-hybridized carbons (Fsp3) is 0.417. The maximum atomic E-state index is 13.6. The van der Waals surface area contributed by atoms with Crippen LogP contribution in [0.3, 0.4) is 0 Å². The number of rotatable bonds is 2. The van der Waals surface area contributed by atoms with Crippen LogP contribution in [0.15, 0.2) is 18.2 Å². The molecule has 1 aromatic rings. The van der Waals surface area contributed by atoms with E-state index in [1.165, 1.54) is 24.1 Å². The summed E-state index contributed by atoms with van der Waals surface area (Å²) < 4.78 is 18.6. The number of amides is 1. The van der Waals surface area contributed by atoms with E-state index in [9.17, 15) is 14.3 Å². The molecule has 1 atom stereocenters. The molecule has 0 unspecified atom stereocenters. The highest BCUT2D eigenvalue weighted by Crippen LogP contribution is 2.24. The van der Waals surface area contributed by atoms with E-state index in [0.29, 0.717) is 13.0 Å². The van der Waals surface area contributed by atoms with Gasteiger partial charge in [-0.25, -0.2) is 4.39 Å². The van der Waals surface area contributed by atoms with Gasteiger partial charge in [0.1, 0.15) is 17.1 Å². The van der Waals surface area contributed by atoms with Gasteiger partial charge in [-0.15, -0.1) is 0 Å². The molecule has 0 spiro atoms. The molecule has 0 radical (unpaired) electrons. The Labute approximate surface area is 98.6 Å². The summed E-state index contributed by atoms with van der Waals surface area (Å²) in [4.78, 5) is 13.5. The average molecular weight is 239 g/mol. The van der Waals surface area contributed by atoms with Crippen LogP contribution in [-0.4, -0.2) is 42.2 Å². The lowest BCUT2D eigenvalue weighted by molar-refractivity contribution is 0.0756. The fourth-order valence-corrected chi connectivity index (χ4v) is 1.97. The highest BCUT2D eigenvalue weighted by Gasteiger charge is 2.29. The predicted molar refractivity (Wildman–Crippen MR) is 59.5 cm³/mol. The average Bonchev–Trinajstić information content (AvgIpc) is 2.74. The van der Waals surface area contributed by atoms with Crippen molar-refractivity contribution in [2.45, 2.75) is 12.5 Å². The summed E-state index contributed by atoms with van der Waals surface area (Å²) in [5, 5.41) is 9.37. The Balaban J connectivity index is 2.30. The van der Waals surface area contributed by atoms with Gasteiger partial charge < -0.3 is 14.7 Å². The van der Waals surface area contributed by atoms with Gasteiger partial charge in [0.2, 0.25) is 0 Å². The Morgan fingerprint density at radius 1 is 1.59 bits per heavy atom. The molecule has 1 amide bonds. The first-order valence-corrected chi connectivity index (χ1v) is 5.43. The van der Waals surface area contributed by atoms with Crippen LogP contribution in [0.25, 0.3) is 0 Å². The molecule has 92 valence electrons. The van der Waals surface area contributed by atoms with E-state index >= 15 is 0 Å². The minimum atomic E-state index is -0.601. The van der Waals surface area contributed by atoms with Crippen molar-refractivity contribution < 1.29 is 19.0 Å². The Kier molecular flexibility index (Phi) is 3.28. The van der Waals surface area contributed by atoms with Gasteiger partial charge in [-0.1, -0.05) is 6.07 Å². The molecule has 1 saturated heterocycles. The molecule has 1 fully saturated rings. The maximum absolute atomic E-state index is 13.6. The van der Waals surface area contributed by atoms with Gasteiger partial charge in [0.15, 0.2) is 0 Å². The van der Waals surface area contributed by atoms with Crippen molar-refractivity contribution in [2.24, 2.45) is 0 Å². The normalized spacial score (nSPS) is 19.5. The van der Waals surface area contributed by atoms with Gasteiger partial charge in [0.25, 0.3) is 5.91 Å². The topological polar surface area (TPSA) is 49.8 Å². The zero-order valence-corrected chi connectivity index (χ0v) is 9.52. The lowest BCUT2D eigenvalue weighted by atomic mass is 10.1. The van der Waals surface area contributed by atoms with Gasteiger partial charge >= 0.3 is 0 Å². The monoisotopic (exact) mass is 239 g/mol. The van der Waals surface area contributed by atoms with Gasteiger partial charge in [-0.2, -0.15) is 0 Å². The number of aliphatic hydroxyl groups excluding tert-OH is 1. The van der Waals surface area contributed by atoms with Crippen molar-refractivity contribution in [2.75, 3.05) is 20.2 Å². The van der Waals surface area contributed by atoms with E-state index in [0.717, 1.165) is 0 Å². The van der Waals surface area contributed by atoms with Crippen molar-refractivity contribution in [3.05, 3.63) is 29.6 Å². The third kappa shape index (κ3) is 2.24. The molecule has 1 aliphatic rings. The number of ether oxygens (including phenoxy) is 1. The van der Waals surface area contributed by atoms with E-state index in [-0.39, 0.29) is 17.9 Å². The number of hydrogen-bond donors (Lipinski definition) is 1. The molecule has 0 aliphatic carbocycles. The summed E-state index contributed by atoms with van der Waals surface area (Å²) in [7, 11) is 1.39. The predicted octanol–water partition coefficient (Wildman–Crippen LogP) is 1.04. The number of aliphatic hydroxyl groups is 1. The minimum Gasteiger partial charge on any atom is -0.496 e. The number of nitrogens with zero attached hydrogens (tertiary/aromatic N) is 1. The zero-order valence-electron chi connectivity index (χ0n) is 9.52. The number of hydrogen-bond acceptors (Lipinski definition) is 3. The largest absolute Gasteiger partial charge is 0.496 e. The number of likely N-dealkylation sites (tertiary alicyclic amines) is 1. The van der Waals surface area contributed by atoms with Crippen LogP contribution in [0.5, 0.6) is 5.75 Å². The molecule has 1 heterocycles. The number of halogens is 1. The van der Waals surface area contributed by atoms with Crippen LogP contribution in [0, 0.1) is 5.82 Å². The van der Waals surface area contributed by atoms with E-state index in [1.54, 1.807) is 6.07 Å². The smallest absolute Gasteiger partial charge is 0.260 e. The van der Waals surface area contributed by atoms with Crippen LogP contribution >= 0.6 is 0 Å². The summed E-state index contributed by atoms with van der Waals surface area (Å²) in [5.74, 6) is -0.816. The van der Waals surface area contributed by atoms with Crippen LogP contribution < -0.4 is 4.74 Å². The molecule has 0 saturated carbocycles. The summed E-state index contributed by atoms with van der Waals surface area (Å²) in [6.07, 6.45) is 0.0133. The number of carbonyl (C=O) groups is 1. The maximum Gasteiger partial charge on any atom is 0.260 e. The van der Waals surface area contributed by atoms with Gasteiger partial charge in [-0.05, 0) is 18.6 Å². The SMILES string of the molecule is COc1cccc(F)c1C(=O)N1CC[C@H](O)C1. The first kappa shape index (κ1) is 11.9. The van der Waals surface area contributed by atoms with Crippen molar-refractivity contribution in [3.8, 4) is 5.75 Å². The highest BCUT2D eigenvalue weighted by molar-refractivity contribution is 5.97. The quantitative estimate of drug-likeness (QED) is 0.839. The minimum absolute atomic E-state index is 0.0656. The van der Waals surface area contributed by atoms with Crippen LogP contribution in [0.1, 0.15) is 16.8 Å². The molecule has 0 aromatic heterocycles. The van der Waals surface area contributed by atoms with Crippen LogP contribution in [0.4, 0.5) is 4.39 Å². The number of methoxy groups -OCH3 is 1. The fourth-order valence-electron chi connectivity index (χ4n) is 1.97. The Morgan fingerprint density at radius 3 is 2.94 bits per heavy atom. The van der Waals surface area contributed by atoms with E-state index < -0.39 is 17.8 Å². The van der Waals surface area contributed by atoms with Crippen LogP contribution in [0.2, 0.25) is 0 Å². The first-order valence-electron chi connectivity index (χ1n) is 5.43. The lowest BCUT2D eigenvalue weighted by Gasteiger charge is -2.17. The zero-order chi connectivity index (χ0) is 12.4. The molecular formula is C12H14FNO3.